The van der Waals surface area contributed by atoms with Crippen LogP contribution in [0.15, 0.2) is 42.0 Å². The minimum Gasteiger partial charge on any atom is -0.345 e. The minimum absolute atomic E-state index is 0.310. The fourth-order valence-corrected chi connectivity index (χ4v) is 2.61. The Labute approximate surface area is 153 Å². The molecular weight excluding hydrogens is 369 g/mol. The zero-order chi connectivity index (χ0) is 18.6. The summed E-state index contributed by atoms with van der Waals surface area (Å²) in [5.74, 6) is -2.75. The average Bonchev–Trinajstić information content (AvgIpc) is 2.58. The summed E-state index contributed by atoms with van der Waals surface area (Å²) < 4.78 is 27.7. The highest BCUT2D eigenvalue weighted by molar-refractivity contribution is 6.31. The topological polar surface area (TPSA) is 52.9 Å². The molecule has 1 unspecified atom stereocenters. The number of rotatable bonds is 4. The van der Waals surface area contributed by atoms with E-state index in [0.29, 0.717) is 10.6 Å². The molecule has 0 saturated carbocycles. The number of nitriles is 1. The van der Waals surface area contributed by atoms with E-state index in [9.17, 15) is 13.6 Å². The highest BCUT2D eigenvalue weighted by atomic mass is 35.5. The number of benzene rings is 2. The molecule has 2 aromatic carbocycles. The van der Waals surface area contributed by atoms with Crippen molar-refractivity contribution in [1.82, 2.24) is 5.32 Å². The zero-order valence-electron chi connectivity index (χ0n) is 13.0. The second-order valence-electron chi connectivity index (χ2n) is 5.14. The molecular formula is C18H12Cl2F2N2O. The van der Waals surface area contributed by atoms with Gasteiger partial charge in [0.25, 0.3) is 5.91 Å². The van der Waals surface area contributed by atoms with Gasteiger partial charge >= 0.3 is 0 Å². The summed E-state index contributed by atoms with van der Waals surface area (Å²) in [6, 6.07) is 10.0. The monoisotopic (exact) mass is 380 g/mol. The van der Waals surface area contributed by atoms with Crippen molar-refractivity contribution in [3.05, 3.63) is 74.8 Å². The van der Waals surface area contributed by atoms with Crippen molar-refractivity contribution >= 4 is 35.2 Å². The predicted octanol–water partition coefficient (Wildman–Crippen LogP) is 5.06. The van der Waals surface area contributed by atoms with Crippen molar-refractivity contribution in [3.63, 3.8) is 0 Å². The molecule has 25 heavy (non-hydrogen) atoms. The van der Waals surface area contributed by atoms with Gasteiger partial charge in [-0.1, -0.05) is 41.4 Å². The summed E-state index contributed by atoms with van der Waals surface area (Å²) >= 11 is 11.7. The number of amides is 1. The number of hydrogen-bond acceptors (Lipinski definition) is 2. The summed E-state index contributed by atoms with van der Waals surface area (Å²) in [4.78, 5) is 12.3. The van der Waals surface area contributed by atoms with Gasteiger partial charge in [0.15, 0.2) is 5.82 Å². The first-order valence-corrected chi connectivity index (χ1v) is 7.91. The zero-order valence-corrected chi connectivity index (χ0v) is 14.5. The fourth-order valence-electron chi connectivity index (χ4n) is 2.15. The lowest BCUT2D eigenvalue weighted by Gasteiger charge is -2.15. The fraction of sp³-hybridized carbons (Fsp3) is 0.111. The Hall–Kier alpha value is -2.42. The molecule has 3 nitrogen and oxygen atoms in total. The standard InChI is InChI=1S/C18H12Cl2F2N2O/c1-10(12-4-2-3-5-14(12)19)24-18(25)11(9-23)8-13-16(21)7-6-15(20)17(13)22/h2-8,10H,1H3,(H,24,25). The summed E-state index contributed by atoms with van der Waals surface area (Å²) in [6.07, 6.45) is 0.825. The SMILES string of the molecule is CC(NC(=O)C(C#N)=Cc1c(F)ccc(Cl)c1F)c1ccccc1Cl. The third-order valence-corrected chi connectivity index (χ3v) is 4.09. The molecule has 0 saturated heterocycles. The van der Waals surface area contributed by atoms with Crippen LogP contribution in [-0.2, 0) is 4.79 Å². The van der Waals surface area contributed by atoms with Crippen LogP contribution in [0.4, 0.5) is 8.78 Å². The molecule has 0 aliphatic heterocycles. The molecule has 0 bridgehead atoms. The molecule has 0 spiro atoms. The predicted molar refractivity (Wildman–Crippen MR) is 93.0 cm³/mol. The van der Waals surface area contributed by atoms with Gasteiger partial charge in [-0.2, -0.15) is 5.26 Å². The van der Waals surface area contributed by atoms with Crippen LogP contribution in [-0.4, -0.2) is 5.91 Å². The van der Waals surface area contributed by atoms with E-state index in [0.717, 1.165) is 18.2 Å². The molecule has 0 heterocycles. The summed E-state index contributed by atoms with van der Waals surface area (Å²) in [5.41, 5.74) is -0.363. The largest absolute Gasteiger partial charge is 0.345 e. The van der Waals surface area contributed by atoms with Gasteiger partial charge in [0.05, 0.1) is 11.1 Å². The van der Waals surface area contributed by atoms with Crippen LogP contribution < -0.4 is 5.32 Å². The number of carbonyl (C=O) groups excluding carboxylic acids is 1. The Morgan fingerprint density at radius 3 is 2.52 bits per heavy atom. The molecule has 2 aromatic rings. The molecule has 1 atom stereocenters. The number of nitrogens with zero attached hydrogens (tertiary/aromatic N) is 1. The van der Waals surface area contributed by atoms with E-state index in [4.69, 9.17) is 28.5 Å². The second kappa shape index (κ2) is 8.11. The number of nitrogens with one attached hydrogen (secondary N) is 1. The number of carbonyl (C=O) groups is 1. The van der Waals surface area contributed by atoms with Crippen LogP contribution in [0.5, 0.6) is 0 Å². The molecule has 128 valence electrons. The lowest BCUT2D eigenvalue weighted by atomic mass is 10.1. The van der Waals surface area contributed by atoms with Gasteiger partial charge in [-0.3, -0.25) is 4.79 Å². The first-order valence-electron chi connectivity index (χ1n) is 7.15. The van der Waals surface area contributed by atoms with E-state index in [1.165, 1.54) is 0 Å². The molecule has 2 rings (SSSR count). The molecule has 0 aliphatic rings. The maximum atomic E-state index is 13.9. The van der Waals surface area contributed by atoms with Crippen LogP contribution in [0.1, 0.15) is 24.1 Å². The van der Waals surface area contributed by atoms with E-state index >= 15 is 0 Å². The highest BCUT2D eigenvalue weighted by Crippen LogP contribution is 2.25. The van der Waals surface area contributed by atoms with Crippen molar-refractivity contribution in [2.75, 3.05) is 0 Å². The van der Waals surface area contributed by atoms with Gasteiger partial charge in [0, 0.05) is 10.6 Å². The Balaban J connectivity index is 2.30. The third kappa shape index (κ3) is 4.36. The van der Waals surface area contributed by atoms with Gasteiger partial charge in [-0.05, 0) is 36.8 Å². The summed E-state index contributed by atoms with van der Waals surface area (Å²) in [6.45, 7) is 1.68. The highest BCUT2D eigenvalue weighted by Gasteiger charge is 2.18. The van der Waals surface area contributed by atoms with Gasteiger partial charge in [0.1, 0.15) is 17.5 Å². The van der Waals surface area contributed by atoms with Crippen LogP contribution in [0.2, 0.25) is 10.0 Å². The normalized spacial score (nSPS) is 12.4. The third-order valence-electron chi connectivity index (χ3n) is 3.45. The molecule has 7 heteroatoms. The Morgan fingerprint density at radius 1 is 1.20 bits per heavy atom. The number of hydrogen-bond donors (Lipinski definition) is 1. The lowest BCUT2D eigenvalue weighted by Crippen LogP contribution is -2.27. The molecule has 0 aromatic heterocycles. The summed E-state index contributed by atoms with van der Waals surface area (Å²) in [5, 5.41) is 11.9. The van der Waals surface area contributed by atoms with Crippen LogP contribution in [0.3, 0.4) is 0 Å². The van der Waals surface area contributed by atoms with E-state index in [2.05, 4.69) is 5.32 Å². The van der Waals surface area contributed by atoms with E-state index in [-0.39, 0.29) is 5.02 Å². The molecule has 0 radical (unpaired) electrons. The first kappa shape index (κ1) is 18.9. The van der Waals surface area contributed by atoms with Crippen molar-refractivity contribution in [2.45, 2.75) is 13.0 Å². The quantitative estimate of drug-likeness (QED) is 0.458. The van der Waals surface area contributed by atoms with E-state index < -0.39 is 34.7 Å². The van der Waals surface area contributed by atoms with Gasteiger partial charge in [0.2, 0.25) is 0 Å². The van der Waals surface area contributed by atoms with Gasteiger partial charge < -0.3 is 5.32 Å². The van der Waals surface area contributed by atoms with Crippen LogP contribution >= 0.6 is 23.2 Å². The molecule has 0 fully saturated rings. The first-order chi connectivity index (χ1) is 11.8. The lowest BCUT2D eigenvalue weighted by molar-refractivity contribution is -0.117. The van der Waals surface area contributed by atoms with Crippen LogP contribution in [0, 0.1) is 23.0 Å². The Morgan fingerprint density at radius 2 is 1.88 bits per heavy atom. The van der Waals surface area contributed by atoms with Gasteiger partial charge in [-0.25, -0.2) is 8.78 Å². The second-order valence-corrected chi connectivity index (χ2v) is 5.96. The summed E-state index contributed by atoms with van der Waals surface area (Å²) in [7, 11) is 0. The maximum absolute atomic E-state index is 13.9. The molecule has 0 aliphatic carbocycles. The molecule has 1 N–H and O–H groups in total. The minimum atomic E-state index is -1.04. The Bertz CT molecular complexity index is 891. The van der Waals surface area contributed by atoms with Crippen molar-refractivity contribution in [2.24, 2.45) is 0 Å². The molecule has 1 amide bonds. The maximum Gasteiger partial charge on any atom is 0.262 e. The average molecular weight is 381 g/mol. The smallest absolute Gasteiger partial charge is 0.262 e. The van der Waals surface area contributed by atoms with Crippen LogP contribution in [0.25, 0.3) is 6.08 Å². The van der Waals surface area contributed by atoms with E-state index in [1.807, 2.05) is 0 Å². The van der Waals surface area contributed by atoms with Crippen molar-refractivity contribution in [3.8, 4) is 6.07 Å². The van der Waals surface area contributed by atoms with Crippen molar-refractivity contribution in [1.29, 1.82) is 5.26 Å². The van der Waals surface area contributed by atoms with Gasteiger partial charge in [-0.15, -0.1) is 0 Å². The van der Waals surface area contributed by atoms with Crippen molar-refractivity contribution < 1.29 is 13.6 Å². The number of halogens is 4. The Kier molecular flexibility index (Phi) is 6.13. The van der Waals surface area contributed by atoms with E-state index in [1.54, 1.807) is 37.3 Å².